The van der Waals surface area contributed by atoms with E-state index in [1.54, 1.807) is 30.3 Å². The van der Waals surface area contributed by atoms with Crippen LogP contribution in [-0.4, -0.2) is 46.3 Å². The molecule has 0 spiro atoms. The summed E-state index contributed by atoms with van der Waals surface area (Å²) in [5.41, 5.74) is 1.77. The normalized spacial score (nSPS) is 14.9. The minimum absolute atomic E-state index is 0.0143. The zero-order valence-electron chi connectivity index (χ0n) is 20.0. The summed E-state index contributed by atoms with van der Waals surface area (Å²) in [5.74, 6) is -0.426. The number of ether oxygens (including phenoxy) is 1. The summed E-state index contributed by atoms with van der Waals surface area (Å²) in [7, 11) is 0. The van der Waals surface area contributed by atoms with Gasteiger partial charge in [-0.1, -0.05) is 58.0 Å². The highest BCUT2D eigenvalue weighted by Gasteiger charge is 2.23. The van der Waals surface area contributed by atoms with Gasteiger partial charge in [0.15, 0.2) is 0 Å². The zero-order chi connectivity index (χ0) is 25.0. The lowest BCUT2D eigenvalue weighted by atomic mass is 9.96. The second-order valence-corrected chi connectivity index (χ2v) is 8.86. The fraction of sp³-hybridized carbons (Fsp3) is 0.481. The Balaban J connectivity index is 0.000000335. The van der Waals surface area contributed by atoms with Gasteiger partial charge in [0, 0.05) is 12.8 Å². The van der Waals surface area contributed by atoms with Crippen LogP contribution in [-0.2, 0) is 17.6 Å². The van der Waals surface area contributed by atoms with Crippen LogP contribution in [0.25, 0.3) is 0 Å². The average Bonchev–Trinajstić information content (AvgIpc) is 2.78. The van der Waals surface area contributed by atoms with Gasteiger partial charge in [-0.2, -0.15) is 0 Å². The second kappa shape index (κ2) is 14.9. The van der Waals surface area contributed by atoms with Gasteiger partial charge < -0.3 is 20.1 Å². The summed E-state index contributed by atoms with van der Waals surface area (Å²) in [6.07, 6.45) is 0.187. The molecule has 0 bridgehead atoms. The minimum atomic E-state index is -0.796. The van der Waals surface area contributed by atoms with Crippen LogP contribution >= 0.6 is 0 Å². The monoisotopic (exact) mass is 464 g/mol. The van der Waals surface area contributed by atoms with Crippen LogP contribution in [0.15, 0.2) is 61.2 Å². The Hall–Kier alpha value is -2.12. The molecule has 0 aliphatic carbocycles. The van der Waals surface area contributed by atoms with E-state index in [0.717, 1.165) is 11.1 Å². The smallest absolute Gasteiger partial charge is 0.123 e. The van der Waals surface area contributed by atoms with Crippen LogP contribution in [0.1, 0.15) is 38.8 Å². The Morgan fingerprint density at radius 3 is 1.58 bits per heavy atom. The predicted octanol–water partition coefficient (Wildman–Crippen LogP) is 4.70. The summed E-state index contributed by atoms with van der Waals surface area (Å²) in [6.45, 7) is 11.6. The molecule has 184 valence electrons. The molecular formula is C27H38F2O4. The van der Waals surface area contributed by atoms with Gasteiger partial charge in [0.25, 0.3) is 0 Å². The van der Waals surface area contributed by atoms with E-state index in [4.69, 9.17) is 4.74 Å². The molecule has 0 aliphatic rings. The van der Waals surface area contributed by atoms with Crippen molar-refractivity contribution in [2.24, 2.45) is 11.8 Å². The molecule has 4 nitrogen and oxygen atoms in total. The summed E-state index contributed by atoms with van der Waals surface area (Å²) >= 11 is 0. The minimum Gasteiger partial charge on any atom is -0.390 e. The van der Waals surface area contributed by atoms with Crippen LogP contribution in [0, 0.1) is 23.5 Å². The first-order valence-corrected chi connectivity index (χ1v) is 11.3. The van der Waals surface area contributed by atoms with Crippen LogP contribution in [0.2, 0.25) is 0 Å². The standard InChI is InChI=1S/C15H21FO2.C12H17FO2/c1-4-9-18-14(15(17)11(2)3)10-12-5-7-13(16)8-6-12;1-8(2)12(15)11(14)7-9-3-5-10(13)6-4-9/h4-8,11,14-15,17H,1,9-10H2,2-3H3;3-6,8,11-12,14-15H,7H2,1-2H3/t14-,15+;11-,12+/m11/s1. The molecule has 0 heterocycles. The van der Waals surface area contributed by atoms with E-state index in [0.29, 0.717) is 19.4 Å². The maximum absolute atomic E-state index is 12.8. The fourth-order valence-corrected chi connectivity index (χ4v) is 3.18. The maximum atomic E-state index is 12.8. The molecule has 3 N–H and O–H groups in total. The number of halogens is 2. The molecule has 0 radical (unpaired) electrons. The quantitative estimate of drug-likeness (QED) is 0.422. The molecular weight excluding hydrogens is 426 g/mol. The van der Waals surface area contributed by atoms with E-state index >= 15 is 0 Å². The molecule has 0 amide bonds. The first-order chi connectivity index (χ1) is 15.5. The van der Waals surface area contributed by atoms with Gasteiger partial charge in [0.1, 0.15) is 11.6 Å². The molecule has 2 aromatic carbocycles. The van der Waals surface area contributed by atoms with Gasteiger partial charge in [0.05, 0.1) is 31.0 Å². The predicted molar refractivity (Wildman–Crippen MR) is 128 cm³/mol. The number of aliphatic hydroxyl groups is 3. The Morgan fingerprint density at radius 2 is 1.18 bits per heavy atom. The van der Waals surface area contributed by atoms with Crippen molar-refractivity contribution >= 4 is 0 Å². The lowest BCUT2D eigenvalue weighted by Crippen LogP contribution is -2.35. The van der Waals surface area contributed by atoms with Crippen molar-refractivity contribution in [1.82, 2.24) is 0 Å². The molecule has 0 aromatic heterocycles. The van der Waals surface area contributed by atoms with E-state index in [-0.39, 0.29) is 29.6 Å². The Kier molecular flexibility index (Phi) is 13.1. The summed E-state index contributed by atoms with van der Waals surface area (Å²) in [4.78, 5) is 0. The Labute approximate surface area is 196 Å². The van der Waals surface area contributed by atoms with Crippen molar-refractivity contribution in [3.8, 4) is 0 Å². The third kappa shape index (κ3) is 11.0. The van der Waals surface area contributed by atoms with Gasteiger partial charge >= 0.3 is 0 Å². The van der Waals surface area contributed by atoms with Crippen LogP contribution in [0.4, 0.5) is 8.78 Å². The fourth-order valence-electron chi connectivity index (χ4n) is 3.18. The third-order valence-corrected chi connectivity index (χ3v) is 5.28. The Bertz CT molecular complexity index is 791. The zero-order valence-corrected chi connectivity index (χ0v) is 20.0. The number of aliphatic hydroxyl groups excluding tert-OH is 3. The van der Waals surface area contributed by atoms with E-state index in [1.165, 1.54) is 24.3 Å². The lowest BCUT2D eigenvalue weighted by molar-refractivity contribution is -0.0459. The van der Waals surface area contributed by atoms with E-state index in [2.05, 4.69) is 6.58 Å². The molecule has 33 heavy (non-hydrogen) atoms. The van der Waals surface area contributed by atoms with Gasteiger partial charge in [-0.3, -0.25) is 0 Å². The molecule has 2 rings (SSSR count). The molecule has 4 atom stereocenters. The molecule has 0 aliphatic heterocycles. The highest BCUT2D eigenvalue weighted by Crippen LogP contribution is 2.16. The summed E-state index contributed by atoms with van der Waals surface area (Å²) < 4.78 is 31.0. The van der Waals surface area contributed by atoms with Gasteiger partial charge in [-0.15, -0.1) is 6.58 Å². The Morgan fingerprint density at radius 1 is 0.758 bits per heavy atom. The third-order valence-electron chi connectivity index (χ3n) is 5.28. The molecule has 2 aromatic rings. The largest absolute Gasteiger partial charge is 0.390 e. The van der Waals surface area contributed by atoms with Crippen molar-refractivity contribution in [3.63, 3.8) is 0 Å². The highest BCUT2D eigenvalue weighted by atomic mass is 19.1. The molecule has 0 unspecified atom stereocenters. The van der Waals surface area contributed by atoms with E-state index in [9.17, 15) is 24.1 Å². The lowest BCUT2D eigenvalue weighted by Gasteiger charge is -2.25. The van der Waals surface area contributed by atoms with Crippen LogP contribution in [0.5, 0.6) is 0 Å². The molecule has 0 fully saturated rings. The summed E-state index contributed by atoms with van der Waals surface area (Å²) in [6, 6.07) is 12.2. The number of hydrogen-bond acceptors (Lipinski definition) is 4. The van der Waals surface area contributed by atoms with Gasteiger partial charge in [-0.25, -0.2) is 8.78 Å². The van der Waals surface area contributed by atoms with E-state index in [1.807, 2.05) is 27.7 Å². The second-order valence-electron chi connectivity index (χ2n) is 8.86. The molecule has 6 heteroatoms. The highest BCUT2D eigenvalue weighted by molar-refractivity contribution is 5.18. The van der Waals surface area contributed by atoms with Crippen LogP contribution < -0.4 is 0 Å². The number of benzene rings is 2. The summed E-state index contributed by atoms with van der Waals surface area (Å²) in [5, 5.41) is 29.3. The van der Waals surface area contributed by atoms with Gasteiger partial charge in [0.2, 0.25) is 0 Å². The number of hydrogen-bond donors (Lipinski definition) is 3. The van der Waals surface area contributed by atoms with Crippen molar-refractivity contribution in [2.45, 2.75) is 65.0 Å². The van der Waals surface area contributed by atoms with E-state index < -0.39 is 18.3 Å². The van der Waals surface area contributed by atoms with Gasteiger partial charge in [-0.05, 0) is 47.2 Å². The number of rotatable bonds is 11. The van der Waals surface area contributed by atoms with Crippen LogP contribution in [0.3, 0.4) is 0 Å². The SMILES string of the molecule is C=CCO[C@H](Cc1ccc(F)cc1)[C@@H](O)C(C)C.CC(C)[C@H](O)[C@H](O)Cc1ccc(F)cc1. The topological polar surface area (TPSA) is 69.9 Å². The molecule has 0 saturated carbocycles. The first kappa shape index (κ1) is 28.9. The van der Waals surface area contributed by atoms with Crippen molar-refractivity contribution in [3.05, 3.63) is 83.9 Å². The first-order valence-electron chi connectivity index (χ1n) is 11.3. The van der Waals surface area contributed by atoms with Crippen molar-refractivity contribution < 1.29 is 28.8 Å². The molecule has 0 saturated heterocycles. The van der Waals surface area contributed by atoms with Crippen molar-refractivity contribution in [2.75, 3.05) is 6.61 Å². The average molecular weight is 465 g/mol. The van der Waals surface area contributed by atoms with Crippen molar-refractivity contribution in [1.29, 1.82) is 0 Å². The maximum Gasteiger partial charge on any atom is 0.123 e.